The zero-order valence-electron chi connectivity index (χ0n) is 14.1. The van der Waals surface area contributed by atoms with Crippen molar-refractivity contribution in [2.45, 2.75) is 44.1 Å². The number of alkyl halides is 2. The zero-order chi connectivity index (χ0) is 17.7. The average Bonchev–Trinajstić information content (AvgIpc) is 3.09. The van der Waals surface area contributed by atoms with E-state index in [4.69, 9.17) is 4.74 Å². The summed E-state index contributed by atoms with van der Waals surface area (Å²) in [5, 5.41) is 12.9. The van der Waals surface area contributed by atoms with E-state index in [-0.39, 0.29) is 24.3 Å². The van der Waals surface area contributed by atoms with E-state index >= 15 is 0 Å². The lowest BCUT2D eigenvalue weighted by Crippen LogP contribution is -2.65. The van der Waals surface area contributed by atoms with Gasteiger partial charge in [0, 0.05) is 31.9 Å². The van der Waals surface area contributed by atoms with E-state index in [0.29, 0.717) is 12.5 Å². The highest BCUT2D eigenvalue weighted by Crippen LogP contribution is 2.44. The van der Waals surface area contributed by atoms with Gasteiger partial charge in [0.05, 0.1) is 13.1 Å². The van der Waals surface area contributed by atoms with Crippen molar-refractivity contribution in [2.24, 2.45) is 11.8 Å². The molecule has 0 radical (unpaired) electrons. The molecule has 4 rings (SSSR count). The molecule has 3 aliphatic rings. The second kappa shape index (κ2) is 6.12. The Kier molecular flexibility index (Phi) is 4.18. The normalized spacial score (nSPS) is 27.2. The first-order valence-corrected chi connectivity index (χ1v) is 9.53. The molecule has 1 amide bonds. The van der Waals surface area contributed by atoms with Gasteiger partial charge in [-0.05, 0) is 25.7 Å². The zero-order valence-corrected chi connectivity index (χ0v) is 15.0. The number of nitrogens with zero attached hydrogens (tertiary/aromatic N) is 3. The van der Waals surface area contributed by atoms with Crippen LogP contribution in [0.25, 0.3) is 0 Å². The molecule has 1 spiro atoms. The Bertz CT molecular complexity index is 654. The SMILES string of the molecule is Cc1nnc(N2CC3(C2)OCC[C@H]3CCNC(=O)C2CC(F)(F)C2)s1. The number of halogens is 2. The van der Waals surface area contributed by atoms with Crippen LogP contribution in [0, 0.1) is 18.8 Å². The molecular weight excluding hydrogens is 350 g/mol. The molecule has 25 heavy (non-hydrogen) atoms. The molecule has 1 N–H and O–H groups in total. The highest BCUT2D eigenvalue weighted by Gasteiger charge is 2.53. The van der Waals surface area contributed by atoms with Crippen LogP contribution in [0.2, 0.25) is 0 Å². The third kappa shape index (κ3) is 3.23. The Balaban J connectivity index is 1.24. The number of carbonyl (C=O) groups is 1. The van der Waals surface area contributed by atoms with Crippen LogP contribution >= 0.6 is 11.3 Å². The Morgan fingerprint density at radius 2 is 2.16 bits per heavy atom. The van der Waals surface area contributed by atoms with E-state index in [1.54, 1.807) is 11.3 Å². The van der Waals surface area contributed by atoms with Gasteiger partial charge in [-0.2, -0.15) is 0 Å². The molecular formula is C16H22F2N4O2S. The monoisotopic (exact) mass is 372 g/mol. The summed E-state index contributed by atoms with van der Waals surface area (Å²) < 4.78 is 31.7. The highest BCUT2D eigenvalue weighted by molar-refractivity contribution is 7.15. The largest absolute Gasteiger partial charge is 0.371 e. The molecule has 1 aliphatic carbocycles. The fraction of sp³-hybridized carbons (Fsp3) is 0.812. The smallest absolute Gasteiger partial charge is 0.249 e. The number of carbonyl (C=O) groups excluding carboxylic acids is 1. The molecule has 3 heterocycles. The minimum absolute atomic E-state index is 0.159. The molecule has 1 aromatic heterocycles. The van der Waals surface area contributed by atoms with E-state index in [9.17, 15) is 13.6 Å². The minimum atomic E-state index is -2.65. The maximum Gasteiger partial charge on any atom is 0.249 e. The fourth-order valence-corrected chi connectivity index (χ4v) is 4.74. The molecule has 2 saturated heterocycles. The van der Waals surface area contributed by atoms with Crippen molar-refractivity contribution in [2.75, 3.05) is 31.1 Å². The minimum Gasteiger partial charge on any atom is -0.371 e. The maximum atomic E-state index is 12.8. The van der Waals surface area contributed by atoms with Gasteiger partial charge in [0.1, 0.15) is 10.6 Å². The van der Waals surface area contributed by atoms with Crippen LogP contribution in [0.3, 0.4) is 0 Å². The molecule has 3 fully saturated rings. The molecule has 2 aliphatic heterocycles. The summed E-state index contributed by atoms with van der Waals surface area (Å²) in [6.45, 7) is 4.79. The van der Waals surface area contributed by atoms with Crippen LogP contribution < -0.4 is 10.2 Å². The van der Waals surface area contributed by atoms with Gasteiger partial charge in [-0.1, -0.05) is 11.3 Å². The number of ether oxygens (including phenoxy) is 1. The summed E-state index contributed by atoms with van der Waals surface area (Å²) >= 11 is 1.58. The molecule has 6 nitrogen and oxygen atoms in total. The lowest BCUT2D eigenvalue weighted by atomic mass is 9.79. The molecule has 1 atom stereocenters. The summed E-state index contributed by atoms with van der Waals surface area (Å²) in [6, 6.07) is 0. The number of anilines is 1. The molecule has 138 valence electrons. The number of nitrogens with one attached hydrogen (secondary N) is 1. The van der Waals surface area contributed by atoms with Crippen molar-refractivity contribution in [1.29, 1.82) is 0 Å². The number of hydrogen-bond acceptors (Lipinski definition) is 6. The summed E-state index contributed by atoms with van der Waals surface area (Å²) in [5.74, 6) is -3.04. The summed E-state index contributed by atoms with van der Waals surface area (Å²) in [7, 11) is 0. The van der Waals surface area contributed by atoms with Crippen molar-refractivity contribution < 1.29 is 18.3 Å². The van der Waals surface area contributed by atoms with Gasteiger partial charge in [-0.15, -0.1) is 10.2 Å². The Labute approximate surface area is 148 Å². The topological polar surface area (TPSA) is 67.3 Å². The molecule has 0 aromatic carbocycles. The highest BCUT2D eigenvalue weighted by atomic mass is 32.1. The second-order valence-corrected chi connectivity index (χ2v) is 8.56. The van der Waals surface area contributed by atoms with Crippen LogP contribution in [0.1, 0.15) is 30.7 Å². The predicted molar refractivity (Wildman–Crippen MR) is 88.9 cm³/mol. The van der Waals surface area contributed by atoms with Gasteiger partial charge in [0.15, 0.2) is 0 Å². The van der Waals surface area contributed by atoms with E-state index in [1.807, 2.05) is 6.92 Å². The van der Waals surface area contributed by atoms with Crippen LogP contribution in [-0.2, 0) is 9.53 Å². The summed E-state index contributed by atoms with van der Waals surface area (Å²) in [6.07, 6.45) is 1.16. The third-order valence-electron chi connectivity index (χ3n) is 5.56. The summed E-state index contributed by atoms with van der Waals surface area (Å²) in [4.78, 5) is 14.1. The van der Waals surface area contributed by atoms with E-state index < -0.39 is 11.8 Å². The van der Waals surface area contributed by atoms with Crippen molar-refractivity contribution in [3.63, 3.8) is 0 Å². The number of aromatic nitrogens is 2. The number of rotatable bonds is 5. The summed E-state index contributed by atoms with van der Waals surface area (Å²) in [5.41, 5.74) is -0.159. The third-order valence-corrected chi connectivity index (χ3v) is 6.46. The van der Waals surface area contributed by atoms with Crippen molar-refractivity contribution in [3.8, 4) is 0 Å². The van der Waals surface area contributed by atoms with Crippen molar-refractivity contribution in [1.82, 2.24) is 15.5 Å². The van der Waals surface area contributed by atoms with E-state index in [2.05, 4.69) is 20.4 Å². The van der Waals surface area contributed by atoms with Crippen molar-refractivity contribution >= 4 is 22.4 Å². The number of hydrogen-bond donors (Lipinski definition) is 1. The van der Waals surface area contributed by atoms with Crippen LogP contribution in [0.5, 0.6) is 0 Å². The fourth-order valence-electron chi connectivity index (χ4n) is 4.05. The maximum absolute atomic E-state index is 12.8. The Morgan fingerprint density at radius 3 is 2.80 bits per heavy atom. The molecule has 1 aromatic rings. The lowest BCUT2D eigenvalue weighted by molar-refractivity contribution is -0.150. The number of amides is 1. The lowest BCUT2D eigenvalue weighted by Gasteiger charge is -2.50. The standard InChI is InChI=1S/C16H22F2N4O2S/c1-10-20-21-14(25-10)22-8-15(9-22)12(3-5-24-15)2-4-19-13(23)11-6-16(17,18)7-11/h11-12H,2-9H2,1H3,(H,19,23)/t12-/m1/s1. The van der Waals surface area contributed by atoms with Gasteiger partial charge >= 0.3 is 0 Å². The first-order chi connectivity index (χ1) is 11.9. The molecule has 9 heteroatoms. The van der Waals surface area contributed by atoms with E-state index in [0.717, 1.165) is 42.7 Å². The quantitative estimate of drug-likeness (QED) is 0.856. The molecule has 0 bridgehead atoms. The van der Waals surface area contributed by atoms with Crippen molar-refractivity contribution in [3.05, 3.63) is 5.01 Å². The first-order valence-electron chi connectivity index (χ1n) is 8.71. The first kappa shape index (κ1) is 17.1. The van der Waals surface area contributed by atoms with Crippen LogP contribution in [0.4, 0.5) is 13.9 Å². The van der Waals surface area contributed by atoms with Gasteiger partial charge in [-0.3, -0.25) is 4.79 Å². The van der Waals surface area contributed by atoms with Gasteiger partial charge in [0.2, 0.25) is 17.0 Å². The van der Waals surface area contributed by atoms with Gasteiger partial charge in [0.25, 0.3) is 0 Å². The van der Waals surface area contributed by atoms with E-state index in [1.165, 1.54) is 0 Å². The molecule has 1 saturated carbocycles. The second-order valence-electron chi connectivity index (χ2n) is 7.40. The Hall–Kier alpha value is -1.35. The van der Waals surface area contributed by atoms with Crippen LogP contribution in [0.15, 0.2) is 0 Å². The number of aryl methyl sites for hydroxylation is 1. The van der Waals surface area contributed by atoms with Gasteiger partial charge in [-0.25, -0.2) is 8.78 Å². The average molecular weight is 372 g/mol. The molecule has 0 unspecified atom stereocenters. The van der Waals surface area contributed by atoms with Gasteiger partial charge < -0.3 is 15.0 Å². The Morgan fingerprint density at radius 1 is 1.40 bits per heavy atom. The predicted octanol–water partition coefficient (Wildman–Crippen LogP) is 1.99. The van der Waals surface area contributed by atoms with Crippen LogP contribution in [-0.4, -0.2) is 53.9 Å².